The molecule has 0 amide bonds. The third kappa shape index (κ3) is 4.74. The van der Waals surface area contributed by atoms with Gasteiger partial charge in [-0.2, -0.15) is 10.5 Å². The fourth-order valence-corrected chi connectivity index (χ4v) is 3.45. The maximum Gasteiger partial charge on any atom is 0.103 e. The van der Waals surface area contributed by atoms with E-state index >= 15 is 0 Å². The van der Waals surface area contributed by atoms with E-state index in [4.69, 9.17) is 17.2 Å². The van der Waals surface area contributed by atoms with E-state index < -0.39 is 0 Å². The van der Waals surface area contributed by atoms with E-state index in [1.807, 2.05) is 42.5 Å². The minimum absolute atomic E-state index is 0.109. The number of allylic oxidation sites excluding steroid dienone is 2. The Kier molecular flexibility index (Phi) is 6.41. The van der Waals surface area contributed by atoms with Crippen molar-refractivity contribution in [3.63, 3.8) is 0 Å². The van der Waals surface area contributed by atoms with Crippen LogP contribution in [0.2, 0.25) is 0 Å². The molecule has 124 valence electrons. The smallest absolute Gasteiger partial charge is 0.103 e. The number of nitrogens with two attached hydrogens (primary N) is 3. The Labute approximate surface area is 154 Å². The molecule has 2 aromatic rings. The number of benzene rings is 2. The summed E-state index contributed by atoms with van der Waals surface area (Å²) in [6.07, 6.45) is 0. The molecule has 5 nitrogen and oxygen atoms in total. The van der Waals surface area contributed by atoms with Crippen LogP contribution < -0.4 is 17.2 Å². The molecule has 6 N–H and O–H groups in total. The number of nitrogen functional groups attached to an aromatic ring is 2. The minimum atomic E-state index is 0.109. The highest BCUT2D eigenvalue weighted by Gasteiger charge is 2.12. The summed E-state index contributed by atoms with van der Waals surface area (Å²) >= 11 is 2.42. The first kappa shape index (κ1) is 18.3. The van der Waals surface area contributed by atoms with E-state index in [2.05, 4.69) is 0 Å². The van der Waals surface area contributed by atoms with Gasteiger partial charge >= 0.3 is 0 Å². The molecule has 7 heteroatoms. The maximum absolute atomic E-state index is 9.44. The summed E-state index contributed by atoms with van der Waals surface area (Å²) in [5, 5.41) is 20.6. The van der Waals surface area contributed by atoms with Crippen molar-refractivity contribution in [3.05, 3.63) is 70.1 Å². The molecule has 0 aliphatic carbocycles. The Morgan fingerprint density at radius 1 is 0.880 bits per heavy atom. The molecular weight excluding hydrogens is 350 g/mol. The highest BCUT2D eigenvalue weighted by atomic mass is 32.2. The number of nitrogens with zero attached hydrogens (tertiary/aromatic N) is 2. The summed E-state index contributed by atoms with van der Waals surface area (Å²) in [4.78, 5) is 1.52. The maximum atomic E-state index is 9.44. The van der Waals surface area contributed by atoms with Crippen molar-refractivity contribution < 1.29 is 0 Å². The molecule has 0 unspecified atom stereocenters. The van der Waals surface area contributed by atoms with Crippen LogP contribution in [-0.4, -0.2) is 0 Å². The van der Waals surface area contributed by atoms with E-state index in [0.717, 1.165) is 21.6 Å². The van der Waals surface area contributed by atoms with Gasteiger partial charge < -0.3 is 17.2 Å². The summed E-state index contributed by atoms with van der Waals surface area (Å²) < 4.78 is 0. The molecule has 0 aromatic heterocycles. The zero-order chi connectivity index (χ0) is 18.2. The first-order valence-electron chi connectivity index (χ1n) is 7.10. The fraction of sp³-hybridized carbons (Fsp3) is 0. The van der Waals surface area contributed by atoms with Gasteiger partial charge in [0.2, 0.25) is 0 Å². The lowest BCUT2D eigenvalue weighted by Crippen LogP contribution is -2.00. The topological polar surface area (TPSA) is 126 Å². The summed E-state index contributed by atoms with van der Waals surface area (Å²) in [5.41, 5.74) is 19.3. The standard InChI is InChI=1S/C18H15N5S2/c19-9-12(11-24-16-7-3-1-5-14(16)21)13(10-20)18(23)25-17-8-4-2-6-15(17)22/h1-8,11H,21-23H2. The van der Waals surface area contributed by atoms with Crippen molar-refractivity contribution in [2.75, 3.05) is 11.5 Å². The van der Waals surface area contributed by atoms with Crippen LogP contribution in [-0.2, 0) is 0 Å². The molecule has 25 heavy (non-hydrogen) atoms. The quantitative estimate of drug-likeness (QED) is 0.318. The molecule has 0 saturated carbocycles. The van der Waals surface area contributed by atoms with Gasteiger partial charge in [0.05, 0.1) is 10.6 Å². The molecule has 0 radical (unpaired) electrons. The summed E-state index contributed by atoms with van der Waals surface area (Å²) in [7, 11) is 0. The van der Waals surface area contributed by atoms with Crippen LogP contribution in [0.15, 0.2) is 79.9 Å². The van der Waals surface area contributed by atoms with Gasteiger partial charge in [-0.3, -0.25) is 0 Å². The van der Waals surface area contributed by atoms with Crippen LogP contribution in [0.4, 0.5) is 11.4 Å². The molecule has 0 atom stereocenters. The summed E-state index contributed by atoms with van der Waals surface area (Å²) in [6.45, 7) is 0. The second-order valence-electron chi connectivity index (χ2n) is 4.79. The van der Waals surface area contributed by atoms with Crippen LogP contribution in [0.3, 0.4) is 0 Å². The highest BCUT2D eigenvalue weighted by Crippen LogP contribution is 2.33. The Morgan fingerprint density at radius 3 is 1.96 bits per heavy atom. The number of hydrogen-bond acceptors (Lipinski definition) is 7. The summed E-state index contributed by atoms with van der Waals surface area (Å²) in [6, 6.07) is 18.5. The molecule has 0 fully saturated rings. The van der Waals surface area contributed by atoms with Gasteiger partial charge in [0.15, 0.2) is 0 Å². The van der Waals surface area contributed by atoms with Crippen molar-refractivity contribution in [2.45, 2.75) is 9.79 Å². The zero-order valence-electron chi connectivity index (χ0n) is 13.1. The third-order valence-corrected chi connectivity index (χ3v) is 5.10. The average molecular weight is 365 g/mol. The van der Waals surface area contributed by atoms with Crippen LogP contribution in [0.25, 0.3) is 0 Å². The van der Waals surface area contributed by atoms with Crippen LogP contribution in [0.1, 0.15) is 0 Å². The lowest BCUT2D eigenvalue weighted by Gasteiger charge is -2.07. The zero-order valence-corrected chi connectivity index (χ0v) is 14.8. The van der Waals surface area contributed by atoms with Gasteiger partial charge in [0, 0.05) is 21.2 Å². The van der Waals surface area contributed by atoms with Gasteiger partial charge in [-0.05, 0) is 29.7 Å². The first-order valence-corrected chi connectivity index (χ1v) is 8.80. The Balaban J connectivity index is 2.31. The second kappa shape index (κ2) is 8.74. The predicted octanol–water partition coefficient (Wildman–Crippen LogP) is 3.84. The number of para-hydroxylation sites is 2. The Bertz CT molecular complexity index is 920. The molecule has 0 aliphatic heterocycles. The van der Waals surface area contributed by atoms with Crippen LogP contribution >= 0.6 is 23.5 Å². The van der Waals surface area contributed by atoms with Crippen molar-refractivity contribution >= 4 is 34.9 Å². The molecule has 2 rings (SSSR count). The third-order valence-electron chi connectivity index (χ3n) is 3.11. The van der Waals surface area contributed by atoms with Gasteiger partial charge in [-0.15, -0.1) is 0 Å². The molecule has 0 aliphatic rings. The van der Waals surface area contributed by atoms with Crippen molar-refractivity contribution in [3.8, 4) is 12.1 Å². The normalized spacial score (nSPS) is 12.0. The predicted molar refractivity (Wildman–Crippen MR) is 104 cm³/mol. The largest absolute Gasteiger partial charge is 0.398 e. The molecule has 0 bridgehead atoms. The number of thioether (sulfide) groups is 2. The van der Waals surface area contributed by atoms with Crippen LogP contribution in [0.5, 0.6) is 0 Å². The Hall–Kier alpha value is -3.00. The van der Waals surface area contributed by atoms with Gasteiger partial charge in [0.25, 0.3) is 0 Å². The first-order chi connectivity index (χ1) is 12.1. The monoisotopic (exact) mass is 365 g/mol. The number of hydrogen-bond donors (Lipinski definition) is 3. The fourth-order valence-electron chi connectivity index (χ4n) is 1.84. The molecule has 0 spiro atoms. The number of nitriles is 2. The van der Waals surface area contributed by atoms with Crippen molar-refractivity contribution in [2.24, 2.45) is 5.73 Å². The van der Waals surface area contributed by atoms with E-state index in [1.54, 1.807) is 23.6 Å². The van der Waals surface area contributed by atoms with E-state index in [-0.39, 0.29) is 16.2 Å². The number of anilines is 2. The second-order valence-corrected chi connectivity index (χ2v) is 6.78. The van der Waals surface area contributed by atoms with Gasteiger partial charge in [0.1, 0.15) is 17.7 Å². The minimum Gasteiger partial charge on any atom is -0.398 e. The molecule has 0 saturated heterocycles. The van der Waals surface area contributed by atoms with E-state index in [0.29, 0.717) is 11.4 Å². The van der Waals surface area contributed by atoms with Crippen LogP contribution in [0, 0.1) is 22.7 Å². The van der Waals surface area contributed by atoms with Gasteiger partial charge in [-0.25, -0.2) is 0 Å². The molecule has 0 heterocycles. The Morgan fingerprint density at radius 2 is 1.44 bits per heavy atom. The summed E-state index contributed by atoms with van der Waals surface area (Å²) in [5.74, 6) is 0. The van der Waals surface area contributed by atoms with Gasteiger partial charge in [-0.1, -0.05) is 47.8 Å². The average Bonchev–Trinajstić information content (AvgIpc) is 2.61. The van der Waals surface area contributed by atoms with E-state index in [1.165, 1.54) is 11.8 Å². The van der Waals surface area contributed by atoms with Crippen molar-refractivity contribution in [1.82, 2.24) is 0 Å². The highest BCUT2D eigenvalue weighted by molar-refractivity contribution is 8.03. The SMILES string of the molecule is N#CC(=CSc1ccccc1N)C(C#N)=C(N)Sc1ccccc1N. The number of rotatable bonds is 5. The lowest BCUT2D eigenvalue weighted by atomic mass is 10.1. The lowest BCUT2D eigenvalue weighted by molar-refractivity contribution is 1.38. The van der Waals surface area contributed by atoms with Crippen molar-refractivity contribution in [1.29, 1.82) is 10.5 Å². The molecular formula is C18H15N5S2. The molecule has 2 aromatic carbocycles. The van der Waals surface area contributed by atoms with E-state index in [9.17, 15) is 10.5 Å².